The van der Waals surface area contributed by atoms with Gasteiger partial charge in [-0.1, -0.05) is 12.6 Å². The Balaban J connectivity index is 2.75. The number of nitrogens with zero attached hydrogens (tertiary/aromatic N) is 2. The van der Waals surface area contributed by atoms with Crippen molar-refractivity contribution in [2.24, 2.45) is 0 Å². The molecule has 0 saturated carbocycles. The molecule has 0 radical (unpaired) electrons. The molecule has 2 heterocycles. The first-order valence-electron chi connectivity index (χ1n) is 6.01. The Bertz CT molecular complexity index is 634. The van der Waals surface area contributed by atoms with Crippen molar-refractivity contribution in [3.8, 4) is 12.3 Å². The predicted molar refractivity (Wildman–Crippen MR) is 72.5 cm³/mol. The minimum absolute atomic E-state index is 0.141. The van der Waals surface area contributed by atoms with Crippen molar-refractivity contribution in [1.82, 2.24) is 10.3 Å². The van der Waals surface area contributed by atoms with Crippen LogP contribution in [0.25, 0.3) is 4.85 Å². The molecule has 0 saturated heterocycles. The van der Waals surface area contributed by atoms with E-state index in [0.29, 0.717) is 5.69 Å². The Kier molecular flexibility index (Phi) is 2.83. The number of aromatic nitrogens is 1. The first-order chi connectivity index (χ1) is 8.85. The molecule has 0 fully saturated rings. The van der Waals surface area contributed by atoms with E-state index in [2.05, 4.69) is 21.1 Å². The van der Waals surface area contributed by atoms with Crippen LogP contribution in [-0.2, 0) is 15.7 Å². The van der Waals surface area contributed by atoms with Gasteiger partial charge in [0.25, 0.3) is 5.82 Å². The number of hydrogen-bond donors (Lipinski definition) is 1. The molecule has 0 aromatic carbocycles. The molecule has 19 heavy (non-hydrogen) atoms. The molecule has 4 heteroatoms. The smallest absolute Gasteiger partial charge is 0.269 e. The van der Waals surface area contributed by atoms with Crippen molar-refractivity contribution in [1.29, 1.82) is 0 Å². The zero-order valence-electron chi connectivity index (χ0n) is 11.2. The van der Waals surface area contributed by atoms with Crippen LogP contribution in [0.1, 0.15) is 38.4 Å². The van der Waals surface area contributed by atoms with Crippen LogP contribution in [0.2, 0.25) is 0 Å². The second-order valence-electron chi connectivity index (χ2n) is 5.47. The third-order valence-corrected chi connectivity index (χ3v) is 3.57. The fourth-order valence-corrected chi connectivity index (χ4v) is 2.40. The number of pyridine rings is 1. The van der Waals surface area contributed by atoms with Gasteiger partial charge < -0.3 is 10.2 Å². The van der Waals surface area contributed by atoms with Gasteiger partial charge in [-0.3, -0.25) is 4.79 Å². The van der Waals surface area contributed by atoms with Crippen LogP contribution in [-0.4, -0.2) is 10.9 Å². The lowest BCUT2D eigenvalue weighted by molar-refractivity contribution is -0.129. The van der Waals surface area contributed by atoms with Gasteiger partial charge in [0.2, 0.25) is 5.91 Å². The minimum atomic E-state index is -0.875. The van der Waals surface area contributed by atoms with Crippen LogP contribution < -0.4 is 5.32 Å². The molecular weight excluding hydrogens is 238 g/mol. The monoisotopic (exact) mass is 253 g/mol. The van der Waals surface area contributed by atoms with E-state index in [1.54, 1.807) is 13.0 Å². The first-order valence-corrected chi connectivity index (χ1v) is 6.01. The molecule has 1 unspecified atom stereocenters. The quantitative estimate of drug-likeness (QED) is 0.616. The largest absolute Gasteiger partial charge is 0.361 e. The summed E-state index contributed by atoms with van der Waals surface area (Å²) in [6.07, 6.45) is 5.64. The van der Waals surface area contributed by atoms with Gasteiger partial charge in [0.15, 0.2) is 5.69 Å². The van der Waals surface area contributed by atoms with E-state index >= 15 is 0 Å². The van der Waals surface area contributed by atoms with Crippen LogP contribution in [0.15, 0.2) is 12.1 Å². The zero-order valence-corrected chi connectivity index (χ0v) is 11.2. The van der Waals surface area contributed by atoms with Gasteiger partial charge in [0.1, 0.15) is 5.41 Å². The molecule has 1 N–H and O–H groups in total. The molecule has 0 bridgehead atoms. The van der Waals surface area contributed by atoms with Crippen molar-refractivity contribution < 1.29 is 4.79 Å². The maximum atomic E-state index is 12.4. The molecule has 1 aromatic rings. The third kappa shape index (κ3) is 1.86. The Morgan fingerprint density at radius 1 is 1.47 bits per heavy atom. The van der Waals surface area contributed by atoms with E-state index in [1.165, 1.54) is 0 Å². The van der Waals surface area contributed by atoms with Crippen LogP contribution >= 0.6 is 0 Å². The molecule has 1 amide bonds. The summed E-state index contributed by atoms with van der Waals surface area (Å²) < 4.78 is 0. The molecule has 96 valence electrons. The predicted octanol–water partition coefficient (Wildman–Crippen LogP) is 2.28. The fourth-order valence-electron chi connectivity index (χ4n) is 2.40. The van der Waals surface area contributed by atoms with Gasteiger partial charge in [0.05, 0.1) is 5.54 Å². The highest BCUT2D eigenvalue weighted by atomic mass is 16.2. The summed E-state index contributed by atoms with van der Waals surface area (Å²) in [6.45, 7) is 12.7. The van der Waals surface area contributed by atoms with Gasteiger partial charge >= 0.3 is 0 Å². The van der Waals surface area contributed by atoms with Crippen molar-refractivity contribution in [3.63, 3.8) is 0 Å². The highest BCUT2D eigenvalue weighted by Crippen LogP contribution is 2.39. The average molecular weight is 253 g/mol. The Labute approximate surface area is 113 Å². The molecule has 1 aliphatic heterocycles. The fraction of sp³-hybridized carbons (Fsp3) is 0.400. The van der Waals surface area contributed by atoms with Crippen LogP contribution in [0.4, 0.5) is 5.82 Å². The van der Waals surface area contributed by atoms with Crippen LogP contribution in [0, 0.1) is 18.9 Å². The molecule has 0 aliphatic carbocycles. The van der Waals surface area contributed by atoms with E-state index in [1.807, 2.05) is 19.9 Å². The number of nitrogens with one attached hydrogen (secondary N) is 1. The number of terminal acetylenes is 1. The van der Waals surface area contributed by atoms with E-state index < -0.39 is 11.0 Å². The van der Waals surface area contributed by atoms with Crippen molar-refractivity contribution in [2.75, 3.05) is 0 Å². The molecule has 1 atom stereocenters. The number of rotatable bonds is 1. The molecule has 0 spiro atoms. The lowest BCUT2D eigenvalue weighted by Gasteiger charge is -2.39. The van der Waals surface area contributed by atoms with E-state index in [4.69, 9.17) is 13.0 Å². The summed E-state index contributed by atoms with van der Waals surface area (Å²) in [5, 5.41) is 2.97. The SMILES string of the molecule is [C-]#[N+]c1ccc2c(n1)C(C)(CC#C)C(=O)NC2(C)C. The summed E-state index contributed by atoms with van der Waals surface area (Å²) in [6, 6.07) is 3.52. The maximum Gasteiger partial charge on any atom is 0.269 e. The molecule has 4 nitrogen and oxygen atoms in total. The van der Waals surface area contributed by atoms with Gasteiger partial charge in [-0.05, 0) is 26.8 Å². The minimum Gasteiger partial charge on any atom is -0.361 e. The summed E-state index contributed by atoms with van der Waals surface area (Å²) in [7, 11) is 0. The molecule has 2 rings (SSSR count). The van der Waals surface area contributed by atoms with Gasteiger partial charge in [0, 0.05) is 12.0 Å². The number of carbonyl (C=O) groups is 1. The van der Waals surface area contributed by atoms with Gasteiger partial charge in [-0.25, -0.2) is 0 Å². The topological polar surface area (TPSA) is 46.4 Å². The van der Waals surface area contributed by atoms with E-state index in [9.17, 15) is 4.79 Å². The van der Waals surface area contributed by atoms with Crippen molar-refractivity contribution >= 4 is 11.7 Å². The number of fused-ring (bicyclic) bond motifs is 1. The third-order valence-electron chi connectivity index (χ3n) is 3.57. The summed E-state index contributed by atoms with van der Waals surface area (Å²) in [4.78, 5) is 20.0. The van der Waals surface area contributed by atoms with Crippen molar-refractivity contribution in [2.45, 2.75) is 38.1 Å². The number of carbonyl (C=O) groups excluding carboxylic acids is 1. The average Bonchev–Trinajstić information content (AvgIpc) is 2.36. The first kappa shape index (κ1) is 13.1. The molecule has 1 aliphatic rings. The lowest BCUT2D eigenvalue weighted by atomic mass is 9.72. The highest BCUT2D eigenvalue weighted by Gasteiger charge is 2.49. The summed E-state index contributed by atoms with van der Waals surface area (Å²) >= 11 is 0. The van der Waals surface area contributed by atoms with Crippen LogP contribution in [0.5, 0.6) is 0 Å². The van der Waals surface area contributed by atoms with Crippen molar-refractivity contribution in [3.05, 3.63) is 34.8 Å². The molecular formula is C15H15N3O. The summed E-state index contributed by atoms with van der Waals surface area (Å²) in [5.74, 6) is 2.68. The van der Waals surface area contributed by atoms with E-state index in [0.717, 1.165) is 5.56 Å². The Morgan fingerprint density at radius 2 is 2.16 bits per heavy atom. The summed E-state index contributed by atoms with van der Waals surface area (Å²) in [5.41, 5.74) is 0.152. The standard InChI is InChI=1S/C15H15N3O/c1-6-9-15(4)12-10(7-8-11(16-5)17-12)14(2,3)18-13(15)19/h1,7-8H,9H2,2-4H3,(H,18,19). The normalized spacial score (nSPS) is 23.7. The Morgan fingerprint density at radius 3 is 2.74 bits per heavy atom. The van der Waals surface area contributed by atoms with Gasteiger partial charge in [-0.15, -0.1) is 17.3 Å². The second kappa shape index (κ2) is 4.10. The van der Waals surface area contributed by atoms with Crippen LogP contribution in [0.3, 0.4) is 0 Å². The zero-order chi connectivity index (χ0) is 14.3. The van der Waals surface area contributed by atoms with E-state index in [-0.39, 0.29) is 18.1 Å². The highest BCUT2D eigenvalue weighted by molar-refractivity contribution is 5.91. The second-order valence-corrected chi connectivity index (χ2v) is 5.47. The number of hydrogen-bond acceptors (Lipinski definition) is 2. The van der Waals surface area contributed by atoms with Gasteiger partial charge in [-0.2, -0.15) is 0 Å². The molecule has 1 aromatic heterocycles. The maximum absolute atomic E-state index is 12.4. The Hall–Kier alpha value is -2.33. The lowest BCUT2D eigenvalue weighted by Crippen LogP contribution is -2.56. The number of amides is 1.